The molecule has 5 heteroatoms. The summed E-state index contributed by atoms with van der Waals surface area (Å²) in [5.41, 5.74) is 3.90. The van der Waals surface area contributed by atoms with E-state index in [1.54, 1.807) is 6.33 Å². The lowest BCUT2D eigenvalue weighted by Crippen LogP contribution is -2.08. The molecule has 96 valence electrons. The summed E-state index contributed by atoms with van der Waals surface area (Å²) >= 11 is 0. The predicted molar refractivity (Wildman–Crippen MR) is 73.2 cm³/mol. The first-order chi connectivity index (χ1) is 9.33. The molecule has 3 rings (SSSR count). The van der Waals surface area contributed by atoms with E-state index in [0.29, 0.717) is 5.95 Å². The van der Waals surface area contributed by atoms with Crippen LogP contribution in [0.4, 0.5) is 0 Å². The Morgan fingerprint density at radius 1 is 1.00 bits per heavy atom. The summed E-state index contributed by atoms with van der Waals surface area (Å²) in [6.07, 6.45) is 3.46. The molecule has 0 aliphatic carbocycles. The van der Waals surface area contributed by atoms with E-state index in [1.807, 2.05) is 28.8 Å². The molecule has 1 aromatic carbocycles. The number of aryl methyl sites for hydroxylation is 2. The molecule has 0 saturated carbocycles. The van der Waals surface area contributed by atoms with Gasteiger partial charge in [0.25, 0.3) is 5.95 Å². The van der Waals surface area contributed by atoms with Gasteiger partial charge in [-0.3, -0.25) is 4.57 Å². The summed E-state index contributed by atoms with van der Waals surface area (Å²) < 4.78 is 1.88. The zero-order chi connectivity index (χ0) is 13.2. The Balaban J connectivity index is 2.16. The fraction of sp³-hybridized carbons (Fsp3) is 0.286. The number of hydrogen-bond acceptors (Lipinski definition) is 4. The molecule has 2 aromatic heterocycles. The topological polar surface area (TPSA) is 56.5 Å². The van der Waals surface area contributed by atoms with E-state index < -0.39 is 0 Å². The number of hydrogen-bond donors (Lipinski definition) is 0. The second kappa shape index (κ2) is 4.76. The Morgan fingerprint density at radius 2 is 1.79 bits per heavy atom. The molecule has 0 amide bonds. The highest BCUT2D eigenvalue weighted by atomic mass is 15.3. The van der Waals surface area contributed by atoms with Crippen LogP contribution in [-0.2, 0) is 12.8 Å². The summed E-state index contributed by atoms with van der Waals surface area (Å²) in [6, 6.07) is 7.93. The number of fused-ring (bicyclic) bond motifs is 1. The molecule has 3 aromatic rings. The lowest BCUT2D eigenvalue weighted by atomic mass is 10.2. The van der Waals surface area contributed by atoms with Gasteiger partial charge in [0.2, 0.25) is 0 Å². The molecule has 0 spiro atoms. The fourth-order valence-electron chi connectivity index (χ4n) is 2.15. The Labute approximate surface area is 111 Å². The summed E-state index contributed by atoms with van der Waals surface area (Å²) in [6.45, 7) is 4.15. The smallest absolute Gasteiger partial charge is 0.255 e. The van der Waals surface area contributed by atoms with E-state index in [4.69, 9.17) is 0 Å². The van der Waals surface area contributed by atoms with Gasteiger partial charge in [-0.15, -0.1) is 10.2 Å². The maximum absolute atomic E-state index is 4.60. The number of rotatable bonds is 3. The van der Waals surface area contributed by atoms with E-state index in [0.717, 1.165) is 35.3 Å². The molecule has 0 aliphatic heterocycles. The molecule has 0 unspecified atom stereocenters. The highest BCUT2D eigenvalue weighted by Crippen LogP contribution is 2.15. The van der Waals surface area contributed by atoms with Crippen LogP contribution in [0.5, 0.6) is 0 Å². The Hall–Kier alpha value is -2.30. The van der Waals surface area contributed by atoms with Gasteiger partial charge in [0.15, 0.2) is 0 Å². The molecule has 0 atom stereocenters. The molecule has 0 aliphatic rings. The van der Waals surface area contributed by atoms with Crippen LogP contribution in [-0.4, -0.2) is 24.7 Å². The largest absolute Gasteiger partial charge is 0.266 e. The van der Waals surface area contributed by atoms with Gasteiger partial charge in [0, 0.05) is 0 Å². The second-order valence-electron chi connectivity index (χ2n) is 4.32. The third kappa shape index (κ3) is 1.97. The average Bonchev–Trinajstić information content (AvgIpc) is 2.90. The first-order valence-corrected chi connectivity index (χ1v) is 6.48. The zero-order valence-corrected chi connectivity index (χ0v) is 11.0. The Morgan fingerprint density at radius 3 is 2.58 bits per heavy atom. The average molecular weight is 253 g/mol. The van der Waals surface area contributed by atoms with Crippen LogP contribution in [0.25, 0.3) is 17.0 Å². The number of imidazole rings is 1. The standard InChI is InChI=1S/C14H15N5/c1-3-10-11(4-2)17-18-14(16-10)19-9-15-12-7-5-6-8-13(12)19/h5-9H,3-4H2,1-2H3. The van der Waals surface area contributed by atoms with Crippen LogP contribution in [0.3, 0.4) is 0 Å². The number of nitrogens with zero attached hydrogens (tertiary/aromatic N) is 5. The highest BCUT2D eigenvalue weighted by Gasteiger charge is 2.10. The van der Waals surface area contributed by atoms with Gasteiger partial charge in [-0.05, 0) is 25.0 Å². The normalized spacial score (nSPS) is 11.1. The van der Waals surface area contributed by atoms with Gasteiger partial charge >= 0.3 is 0 Å². The summed E-state index contributed by atoms with van der Waals surface area (Å²) in [5, 5.41) is 8.48. The van der Waals surface area contributed by atoms with Crippen LogP contribution in [0, 0.1) is 0 Å². The van der Waals surface area contributed by atoms with E-state index in [2.05, 4.69) is 34.0 Å². The monoisotopic (exact) mass is 253 g/mol. The van der Waals surface area contributed by atoms with Gasteiger partial charge in [-0.25, -0.2) is 9.97 Å². The van der Waals surface area contributed by atoms with Crippen LogP contribution in [0.2, 0.25) is 0 Å². The molecule has 0 radical (unpaired) electrons. The van der Waals surface area contributed by atoms with Crippen LogP contribution in [0.15, 0.2) is 30.6 Å². The first kappa shape index (κ1) is 11.8. The molecule has 0 fully saturated rings. The van der Waals surface area contributed by atoms with Crippen molar-refractivity contribution in [3.8, 4) is 5.95 Å². The number of benzene rings is 1. The van der Waals surface area contributed by atoms with E-state index in [-0.39, 0.29) is 0 Å². The molecule has 19 heavy (non-hydrogen) atoms. The minimum atomic E-state index is 0.586. The van der Waals surface area contributed by atoms with Crippen LogP contribution in [0.1, 0.15) is 25.2 Å². The van der Waals surface area contributed by atoms with Crippen molar-refractivity contribution in [2.24, 2.45) is 0 Å². The highest BCUT2D eigenvalue weighted by molar-refractivity contribution is 5.76. The molecular formula is C14H15N5. The van der Waals surface area contributed by atoms with E-state index >= 15 is 0 Å². The Bertz CT molecular complexity index is 717. The SMILES string of the molecule is CCc1nnc(-n2cnc3ccccc32)nc1CC. The number of para-hydroxylation sites is 2. The molecule has 2 heterocycles. The number of aromatic nitrogens is 5. The molecule has 0 bridgehead atoms. The molecule has 0 N–H and O–H groups in total. The van der Waals surface area contributed by atoms with Gasteiger partial charge in [0.1, 0.15) is 6.33 Å². The van der Waals surface area contributed by atoms with Crippen LogP contribution < -0.4 is 0 Å². The minimum absolute atomic E-state index is 0.586. The predicted octanol–water partition coefficient (Wildman–Crippen LogP) is 2.34. The second-order valence-corrected chi connectivity index (χ2v) is 4.32. The summed E-state index contributed by atoms with van der Waals surface area (Å²) in [4.78, 5) is 8.95. The first-order valence-electron chi connectivity index (χ1n) is 6.48. The van der Waals surface area contributed by atoms with Gasteiger partial charge < -0.3 is 0 Å². The molecule has 5 nitrogen and oxygen atoms in total. The maximum atomic E-state index is 4.60. The summed E-state index contributed by atoms with van der Waals surface area (Å²) in [7, 11) is 0. The van der Waals surface area contributed by atoms with Crippen molar-refractivity contribution in [1.82, 2.24) is 24.7 Å². The quantitative estimate of drug-likeness (QED) is 0.719. The third-order valence-corrected chi connectivity index (χ3v) is 3.17. The van der Waals surface area contributed by atoms with Gasteiger partial charge in [-0.1, -0.05) is 26.0 Å². The van der Waals surface area contributed by atoms with E-state index in [1.165, 1.54) is 0 Å². The van der Waals surface area contributed by atoms with Crippen LogP contribution >= 0.6 is 0 Å². The Kier molecular flexibility index (Phi) is 2.95. The van der Waals surface area contributed by atoms with Crippen molar-refractivity contribution >= 4 is 11.0 Å². The fourth-order valence-corrected chi connectivity index (χ4v) is 2.15. The summed E-state index contributed by atoms with van der Waals surface area (Å²) in [5.74, 6) is 0.586. The van der Waals surface area contributed by atoms with Crippen molar-refractivity contribution in [1.29, 1.82) is 0 Å². The molecular weight excluding hydrogens is 238 g/mol. The minimum Gasteiger partial charge on any atom is -0.266 e. The van der Waals surface area contributed by atoms with Crippen molar-refractivity contribution in [3.63, 3.8) is 0 Å². The zero-order valence-electron chi connectivity index (χ0n) is 11.0. The van der Waals surface area contributed by atoms with Crippen molar-refractivity contribution in [2.75, 3.05) is 0 Å². The molecule has 0 saturated heterocycles. The van der Waals surface area contributed by atoms with Crippen molar-refractivity contribution < 1.29 is 0 Å². The maximum Gasteiger partial charge on any atom is 0.255 e. The lowest BCUT2D eigenvalue weighted by Gasteiger charge is -2.06. The van der Waals surface area contributed by atoms with Gasteiger partial charge in [-0.2, -0.15) is 0 Å². The van der Waals surface area contributed by atoms with Crippen molar-refractivity contribution in [3.05, 3.63) is 42.0 Å². The van der Waals surface area contributed by atoms with Crippen molar-refractivity contribution in [2.45, 2.75) is 26.7 Å². The van der Waals surface area contributed by atoms with E-state index in [9.17, 15) is 0 Å². The third-order valence-electron chi connectivity index (χ3n) is 3.17. The lowest BCUT2D eigenvalue weighted by molar-refractivity contribution is 0.780. The van der Waals surface area contributed by atoms with Gasteiger partial charge in [0.05, 0.1) is 22.4 Å².